The molecule has 0 saturated carbocycles. The third kappa shape index (κ3) is 3.83. The fourth-order valence-corrected chi connectivity index (χ4v) is 4.24. The third-order valence-corrected chi connectivity index (χ3v) is 5.44. The highest BCUT2D eigenvalue weighted by atomic mass is 35.5. The van der Waals surface area contributed by atoms with Crippen molar-refractivity contribution in [3.8, 4) is 0 Å². The highest BCUT2D eigenvalue weighted by Crippen LogP contribution is 2.37. The monoisotopic (exact) mass is 301 g/mol. The maximum Gasteiger partial charge on any atom is 0.0410 e. The average molecular weight is 302 g/mol. The Balaban J connectivity index is 2.01. The molecule has 1 heterocycles. The maximum atomic E-state index is 6.11. The molecule has 2 unspecified atom stereocenters. The molecule has 1 N–H and O–H groups in total. The Kier molecular flexibility index (Phi) is 5.74. The molecule has 1 aromatic rings. The summed E-state index contributed by atoms with van der Waals surface area (Å²) in [4.78, 5) is 1.39. The van der Waals surface area contributed by atoms with Crippen molar-refractivity contribution >= 4 is 35.1 Å². The molecule has 100 valence electrons. The molecule has 1 aliphatic heterocycles. The van der Waals surface area contributed by atoms with Crippen molar-refractivity contribution in [2.75, 3.05) is 24.3 Å². The van der Waals surface area contributed by atoms with E-state index in [1.165, 1.54) is 28.4 Å². The van der Waals surface area contributed by atoms with Crippen molar-refractivity contribution in [1.29, 1.82) is 0 Å². The number of rotatable bonds is 5. The number of benzene rings is 1. The summed E-state index contributed by atoms with van der Waals surface area (Å²) in [5.41, 5.74) is 1.38. The highest BCUT2D eigenvalue weighted by Gasteiger charge is 2.20. The summed E-state index contributed by atoms with van der Waals surface area (Å²) >= 11 is 9.98. The first-order valence-electron chi connectivity index (χ1n) is 6.35. The minimum atomic E-state index is 0.476. The van der Waals surface area contributed by atoms with Gasteiger partial charge in [-0.15, -0.1) is 11.8 Å². The van der Waals surface area contributed by atoms with Gasteiger partial charge in [0, 0.05) is 16.0 Å². The Morgan fingerprint density at radius 2 is 2.39 bits per heavy atom. The van der Waals surface area contributed by atoms with Crippen molar-refractivity contribution in [2.24, 2.45) is 5.92 Å². The number of halogens is 1. The van der Waals surface area contributed by atoms with E-state index in [0.717, 1.165) is 17.5 Å². The van der Waals surface area contributed by atoms with Crippen LogP contribution in [-0.4, -0.2) is 24.3 Å². The summed E-state index contributed by atoms with van der Waals surface area (Å²) in [5, 5.41) is 4.55. The SMILES string of the molecule is CSCC(C)CNC1CCSc2ccc(Cl)cc21. The summed E-state index contributed by atoms with van der Waals surface area (Å²) in [6, 6.07) is 6.75. The standard InChI is InChI=1S/C14H20ClNS2/c1-10(9-17-2)8-16-13-5-6-18-14-4-3-11(15)7-12(13)14/h3-4,7,10,13,16H,5-6,8-9H2,1-2H3. The zero-order valence-electron chi connectivity index (χ0n) is 10.9. The molecular formula is C14H20ClNS2. The first-order chi connectivity index (χ1) is 8.70. The van der Waals surface area contributed by atoms with E-state index < -0.39 is 0 Å². The van der Waals surface area contributed by atoms with E-state index in [4.69, 9.17) is 11.6 Å². The lowest BCUT2D eigenvalue weighted by Crippen LogP contribution is -2.29. The molecule has 0 fully saturated rings. The Morgan fingerprint density at radius 1 is 1.56 bits per heavy atom. The maximum absolute atomic E-state index is 6.11. The van der Waals surface area contributed by atoms with Gasteiger partial charge in [0.15, 0.2) is 0 Å². The molecule has 1 nitrogen and oxygen atoms in total. The van der Waals surface area contributed by atoms with Gasteiger partial charge in [-0.05, 0) is 60.4 Å². The molecular weight excluding hydrogens is 282 g/mol. The van der Waals surface area contributed by atoms with E-state index in [2.05, 4.69) is 30.6 Å². The topological polar surface area (TPSA) is 12.0 Å². The van der Waals surface area contributed by atoms with Gasteiger partial charge in [0.25, 0.3) is 0 Å². The summed E-state index contributed by atoms with van der Waals surface area (Å²) in [6.45, 7) is 3.39. The van der Waals surface area contributed by atoms with Crippen LogP contribution in [0.4, 0.5) is 0 Å². The van der Waals surface area contributed by atoms with Crippen LogP contribution in [-0.2, 0) is 0 Å². The minimum absolute atomic E-state index is 0.476. The third-order valence-electron chi connectivity index (χ3n) is 3.18. The van der Waals surface area contributed by atoms with Gasteiger partial charge in [-0.2, -0.15) is 11.8 Å². The van der Waals surface area contributed by atoms with Crippen molar-refractivity contribution in [3.63, 3.8) is 0 Å². The van der Waals surface area contributed by atoms with E-state index in [0.29, 0.717) is 6.04 Å². The van der Waals surface area contributed by atoms with Crippen LogP contribution in [0.5, 0.6) is 0 Å². The predicted molar refractivity (Wildman–Crippen MR) is 85.1 cm³/mol. The van der Waals surface area contributed by atoms with Crippen molar-refractivity contribution in [3.05, 3.63) is 28.8 Å². The summed E-state index contributed by atoms with van der Waals surface area (Å²) in [5.74, 6) is 3.14. The number of fused-ring (bicyclic) bond motifs is 1. The van der Waals surface area contributed by atoms with E-state index in [1.54, 1.807) is 0 Å². The van der Waals surface area contributed by atoms with E-state index in [9.17, 15) is 0 Å². The molecule has 0 radical (unpaired) electrons. The zero-order valence-corrected chi connectivity index (χ0v) is 13.3. The zero-order chi connectivity index (χ0) is 13.0. The van der Waals surface area contributed by atoms with Crippen molar-refractivity contribution in [1.82, 2.24) is 5.32 Å². The van der Waals surface area contributed by atoms with Crippen LogP contribution < -0.4 is 5.32 Å². The quantitative estimate of drug-likeness (QED) is 0.862. The first-order valence-corrected chi connectivity index (χ1v) is 9.11. The highest BCUT2D eigenvalue weighted by molar-refractivity contribution is 7.99. The molecule has 18 heavy (non-hydrogen) atoms. The fraction of sp³-hybridized carbons (Fsp3) is 0.571. The van der Waals surface area contributed by atoms with Gasteiger partial charge in [0.1, 0.15) is 0 Å². The van der Waals surface area contributed by atoms with E-state index >= 15 is 0 Å². The molecule has 2 rings (SSSR count). The molecule has 0 spiro atoms. The molecule has 0 saturated heterocycles. The van der Waals surface area contributed by atoms with Gasteiger partial charge in [-0.25, -0.2) is 0 Å². The van der Waals surface area contributed by atoms with E-state index in [-0.39, 0.29) is 0 Å². The van der Waals surface area contributed by atoms with Gasteiger partial charge in [-0.3, -0.25) is 0 Å². The van der Waals surface area contributed by atoms with E-state index in [1.807, 2.05) is 29.6 Å². The number of nitrogens with one attached hydrogen (secondary N) is 1. The first kappa shape index (κ1) is 14.6. The van der Waals surface area contributed by atoms with Gasteiger partial charge in [-0.1, -0.05) is 18.5 Å². The van der Waals surface area contributed by atoms with Crippen LogP contribution >= 0.6 is 35.1 Å². The van der Waals surface area contributed by atoms with Gasteiger partial charge in [0.05, 0.1) is 0 Å². The Labute approximate surface area is 123 Å². The van der Waals surface area contributed by atoms with Gasteiger partial charge >= 0.3 is 0 Å². The lowest BCUT2D eigenvalue weighted by molar-refractivity contribution is 0.462. The van der Waals surface area contributed by atoms with Gasteiger partial charge in [0.2, 0.25) is 0 Å². The number of thioether (sulfide) groups is 2. The molecule has 1 aromatic carbocycles. The molecule has 0 bridgehead atoms. The minimum Gasteiger partial charge on any atom is -0.310 e. The molecule has 2 atom stereocenters. The van der Waals surface area contributed by atoms with Crippen LogP contribution in [0, 0.1) is 5.92 Å². The van der Waals surface area contributed by atoms with Crippen molar-refractivity contribution in [2.45, 2.75) is 24.3 Å². The van der Waals surface area contributed by atoms with Gasteiger partial charge < -0.3 is 5.32 Å². The van der Waals surface area contributed by atoms with Crippen LogP contribution in [0.1, 0.15) is 24.9 Å². The van der Waals surface area contributed by atoms with Crippen LogP contribution in [0.3, 0.4) is 0 Å². The smallest absolute Gasteiger partial charge is 0.0410 e. The average Bonchev–Trinajstić information content (AvgIpc) is 2.36. The largest absolute Gasteiger partial charge is 0.310 e. The predicted octanol–water partition coefficient (Wildman–Crippen LogP) is 4.47. The Hall–Kier alpha value is 0.170. The Bertz CT molecular complexity index is 397. The molecule has 4 heteroatoms. The summed E-state index contributed by atoms with van der Waals surface area (Å²) < 4.78 is 0. The molecule has 0 aromatic heterocycles. The molecule has 0 amide bonds. The van der Waals surface area contributed by atoms with Crippen LogP contribution in [0.15, 0.2) is 23.1 Å². The molecule has 1 aliphatic rings. The second-order valence-electron chi connectivity index (χ2n) is 4.84. The normalized spacial score (nSPS) is 20.5. The lowest BCUT2D eigenvalue weighted by Gasteiger charge is -2.27. The Morgan fingerprint density at radius 3 is 3.17 bits per heavy atom. The van der Waals surface area contributed by atoms with Crippen LogP contribution in [0.2, 0.25) is 5.02 Å². The number of hydrogen-bond donors (Lipinski definition) is 1. The second-order valence-corrected chi connectivity index (χ2v) is 7.32. The lowest BCUT2D eigenvalue weighted by atomic mass is 10.0. The summed E-state index contributed by atoms with van der Waals surface area (Å²) in [7, 11) is 0. The number of hydrogen-bond acceptors (Lipinski definition) is 3. The second kappa shape index (κ2) is 7.09. The van der Waals surface area contributed by atoms with Crippen LogP contribution in [0.25, 0.3) is 0 Å². The molecule has 0 aliphatic carbocycles. The van der Waals surface area contributed by atoms with Crippen molar-refractivity contribution < 1.29 is 0 Å². The fourth-order valence-electron chi connectivity index (χ4n) is 2.26. The summed E-state index contributed by atoms with van der Waals surface area (Å²) in [6.07, 6.45) is 3.37.